The molecule has 0 saturated heterocycles. The van der Waals surface area contributed by atoms with Crippen LogP contribution in [-0.4, -0.2) is 26.4 Å². The topological polar surface area (TPSA) is 90.0 Å². The van der Waals surface area contributed by atoms with Crippen LogP contribution >= 0.6 is 11.8 Å². The van der Waals surface area contributed by atoms with Gasteiger partial charge in [0.05, 0.1) is 16.6 Å². The Morgan fingerprint density at radius 3 is 2.74 bits per heavy atom. The fourth-order valence-electron chi connectivity index (χ4n) is 2.95. The second-order valence-electron chi connectivity index (χ2n) is 6.62. The molecule has 1 N–H and O–H groups in total. The number of para-hydroxylation sites is 1. The highest BCUT2D eigenvalue weighted by molar-refractivity contribution is 7.99. The summed E-state index contributed by atoms with van der Waals surface area (Å²) in [6.45, 7) is 1.71. The van der Waals surface area contributed by atoms with Crippen LogP contribution in [0.1, 0.15) is 12.2 Å². The lowest BCUT2D eigenvalue weighted by Gasteiger charge is -2.14. The number of hydrogen-bond acceptors (Lipinski definition) is 6. The van der Waals surface area contributed by atoms with E-state index in [9.17, 15) is 18.4 Å². The highest BCUT2D eigenvalue weighted by Crippen LogP contribution is 2.24. The van der Waals surface area contributed by atoms with Crippen LogP contribution in [0, 0.1) is 18.6 Å². The Hall–Kier alpha value is -3.53. The van der Waals surface area contributed by atoms with Crippen molar-refractivity contribution in [1.82, 2.24) is 14.7 Å². The number of nitrogens with zero attached hydrogens (tertiary/aromatic N) is 3. The quantitative estimate of drug-likeness (QED) is 0.358. The molecule has 0 radical (unpaired) electrons. The molecule has 0 atom stereocenters. The van der Waals surface area contributed by atoms with Gasteiger partial charge in [0.2, 0.25) is 5.91 Å². The van der Waals surface area contributed by atoms with E-state index in [1.54, 1.807) is 37.3 Å². The highest BCUT2D eigenvalue weighted by Gasteiger charge is 2.17. The molecule has 0 aliphatic rings. The maximum absolute atomic E-state index is 14.5. The van der Waals surface area contributed by atoms with Gasteiger partial charge in [0, 0.05) is 24.3 Å². The van der Waals surface area contributed by atoms with Crippen molar-refractivity contribution in [2.75, 3.05) is 11.1 Å². The van der Waals surface area contributed by atoms with Crippen molar-refractivity contribution < 1.29 is 18.1 Å². The van der Waals surface area contributed by atoms with Crippen LogP contribution in [0.15, 0.2) is 63.0 Å². The molecular formula is C21H16F2N4O3S. The average Bonchev–Trinajstić information content (AvgIpc) is 3.14. The van der Waals surface area contributed by atoms with Crippen molar-refractivity contribution in [2.24, 2.45) is 0 Å². The van der Waals surface area contributed by atoms with Gasteiger partial charge in [-0.25, -0.2) is 13.8 Å². The second-order valence-corrected chi connectivity index (χ2v) is 7.68. The number of aryl methyl sites for hydroxylation is 1. The maximum atomic E-state index is 14.5. The SMILES string of the molecule is Cc1cc(NC(=O)CCSc2nc3ccccc3c(=O)n2-c2ccc(F)cc2F)no1. The monoisotopic (exact) mass is 442 g/mol. The normalized spacial score (nSPS) is 11.1. The summed E-state index contributed by atoms with van der Waals surface area (Å²) in [5.41, 5.74) is -0.160. The first-order valence-electron chi connectivity index (χ1n) is 9.25. The van der Waals surface area contributed by atoms with E-state index in [4.69, 9.17) is 4.52 Å². The van der Waals surface area contributed by atoms with E-state index in [-0.39, 0.29) is 28.9 Å². The number of carbonyl (C=O) groups is 1. The Morgan fingerprint density at radius 1 is 1.19 bits per heavy atom. The van der Waals surface area contributed by atoms with E-state index in [1.807, 2.05) is 0 Å². The Bertz CT molecular complexity index is 1340. The lowest BCUT2D eigenvalue weighted by atomic mass is 10.2. The summed E-state index contributed by atoms with van der Waals surface area (Å²) in [7, 11) is 0. The van der Waals surface area contributed by atoms with Gasteiger partial charge in [-0.1, -0.05) is 29.1 Å². The third-order valence-electron chi connectivity index (χ3n) is 4.35. The number of carbonyl (C=O) groups excluding carboxylic acids is 1. The van der Waals surface area contributed by atoms with Gasteiger partial charge < -0.3 is 9.84 Å². The molecule has 0 saturated carbocycles. The molecule has 0 aliphatic carbocycles. The zero-order valence-electron chi connectivity index (χ0n) is 16.3. The summed E-state index contributed by atoms with van der Waals surface area (Å²) in [6, 6.07) is 11.2. The number of halogens is 2. The predicted molar refractivity (Wildman–Crippen MR) is 112 cm³/mol. The largest absolute Gasteiger partial charge is 0.360 e. The van der Waals surface area contributed by atoms with Crippen molar-refractivity contribution in [3.8, 4) is 5.69 Å². The van der Waals surface area contributed by atoms with Crippen LogP contribution in [0.5, 0.6) is 0 Å². The molecule has 0 fully saturated rings. The standard InChI is InChI=1S/C21H16F2N4O3S/c1-12-10-18(26-30-12)25-19(28)8-9-31-21-24-16-5-3-2-4-14(16)20(29)27(21)17-7-6-13(22)11-15(17)23/h2-7,10-11H,8-9H2,1H3,(H,25,26,28). The highest BCUT2D eigenvalue weighted by atomic mass is 32.2. The van der Waals surface area contributed by atoms with Gasteiger partial charge >= 0.3 is 0 Å². The third kappa shape index (κ3) is 4.48. The smallest absolute Gasteiger partial charge is 0.266 e. The van der Waals surface area contributed by atoms with Crippen LogP contribution in [0.4, 0.5) is 14.6 Å². The second kappa shape index (κ2) is 8.68. The number of nitrogens with one attached hydrogen (secondary N) is 1. The molecule has 31 heavy (non-hydrogen) atoms. The molecule has 1 amide bonds. The Kier molecular flexibility index (Phi) is 5.81. The molecule has 0 aliphatic heterocycles. The van der Waals surface area contributed by atoms with Crippen molar-refractivity contribution in [2.45, 2.75) is 18.5 Å². The van der Waals surface area contributed by atoms with Gasteiger partial charge in [-0.15, -0.1) is 0 Å². The number of hydrogen-bond donors (Lipinski definition) is 1. The number of thioether (sulfide) groups is 1. The molecule has 0 spiro atoms. The molecule has 0 bridgehead atoms. The number of aromatic nitrogens is 3. The lowest BCUT2D eigenvalue weighted by molar-refractivity contribution is -0.115. The van der Waals surface area contributed by atoms with E-state index >= 15 is 0 Å². The van der Waals surface area contributed by atoms with Gasteiger partial charge in [0.25, 0.3) is 5.56 Å². The lowest BCUT2D eigenvalue weighted by Crippen LogP contribution is -2.23. The number of amides is 1. The summed E-state index contributed by atoms with van der Waals surface area (Å²) >= 11 is 1.11. The van der Waals surface area contributed by atoms with Crippen molar-refractivity contribution in [3.63, 3.8) is 0 Å². The zero-order chi connectivity index (χ0) is 22.0. The number of fused-ring (bicyclic) bond motifs is 1. The molecule has 4 aromatic rings. The minimum atomic E-state index is -0.889. The summed E-state index contributed by atoms with van der Waals surface area (Å²) in [4.78, 5) is 29.7. The Labute approximate surface area is 179 Å². The molecule has 158 valence electrons. The summed E-state index contributed by atoms with van der Waals surface area (Å²) < 4.78 is 33.9. The summed E-state index contributed by atoms with van der Waals surface area (Å²) in [6.07, 6.45) is 0.0885. The van der Waals surface area contributed by atoms with E-state index < -0.39 is 17.2 Å². The third-order valence-corrected chi connectivity index (χ3v) is 5.29. The van der Waals surface area contributed by atoms with Crippen molar-refractivity contribution in [3.05, 3.63) is 76.3 Å². The number of rotatable bonds is 6. The molecule has 2 heterocycles. The van der Waals surface area contributed by atoms with E-state index in [1.165, 1.54) is 6.07 Å². The molecular weight excluding hydrogens is 426 g/mol. The van der Waals surface area contributed by atoms with Crippen molar-refractivity contribution in [1.29, 1.82) is 0 Å². The first kappa shape index (κ1) is 20.7. The number of benzene rings is 2. The summed E-state index contributed by atoms with van der Waals surface area (Å²) in [5, 5.41) is 6.79. The fraction of sp³-hybridized carbons (Fsp3) is 0.143. The molecule has 2 aromatic heterocycles. The van der Waals surface area contributed by atoms with Crippen LogP contribution < -0.4 is 10.9 Å². The fourth-order valence-corrected chi connectivity index (χ4v) is 3.89. The first-order chi connectivity index (χ1) is 14.9. The predicted octanol–water partition coefficient (Wildman–Crippen LogP) is 4.08. The summed E-state index contributed by atoms with van der Waals surface area (Å²) in [5.74, 6) is -0.811. The van der Waals surface area contributed by atoms with E-state index in [0.717, 1.165) is 22.4 Å². The van der Waals surface area contributed by atoms with Gasteiger partial charge in [0.15, 0.2) is 11.0 Å². The molecule has 0 unspecified atom stereocenters. The minimum Gasteiger partial charge on any atom is -0.360 e. The first-order valence-corrected chi connectivity index (χ1v) is 10.2. The van der Waals surface area contributed by atoms with E-state index in [0.29, 0.717) is 28.5 Å². The molecule has 7 nitrogen and oxygen atoms in total. The maximum Gasteiger partial charge on any atom is 0.266 e. The van der Waals surface area contributed by atoms with Crippen LogP contribution in [-0.2, 0) is 4.79 Å². The number of anilines is 1. The Morgan fingerprint density at radius 2 is 2.00 bits per heavy atom. The van der Waals surface area contributed by atoms with Gasteiger partial charge in [-0.2, -0.15) is 0 Å². The van der Waals surface area contributed by atoms with Crippen molar-refractivity contribution >= 4 is 34.4 Å². The average molecular weight is 442 g/mol. The van der Waals surface area contributed by atoms with Crippen LogP contribution in [0.2, 0.25) is 0 Å². The van der Waals surface area contributed by atoms with Gasteiger partial charge in [-0.05, 0) is 31.2 Å². The van der Waals surface area contributed by atoms with Crippen LogP contribution in [0.25, 0.3) is 16.6 Å². The Balaban J connectivity index is 1.63. The minimum absolute atomic E-state index is 0.0885. The molecule has 2 aromatic carbocycles. The molecule has 10 heteroatoms. The van der Waals surface area contributed by atoms with Gasteiger partial charge in [-0.3, -0.25) is 14.2 Å². The molecule has 4 rings (SSSR count). The van der Waals surface area contributed by atoms with E-state index in [2.05, 4.69) is 15.5 Å². The zero-order valence-corrected chi connectivity index (χ0v) is 17.1. The van der Waals surface area contributed by atoms with Gasteiger partial charge in [0.1, 0.15) is 17.4 Å². The van der Waals surface area contributed by atoms with Crippen LogP contribution in [0.3, 0.4) is 0 Å².